The van der Waals surface area contributed by atoms with Crippen LogP contribution in [0.1, 0.15) is 41.9 Å². The molecule has 1 aliphatic carbocycles. The fraction of sp³-hybridized carbons (Fsp3) is 0.480. The Labute approximate surface area is 173 Å². The van der Waals surface area contributed by atoms with E-state index in [2.05, 4.69) is 35.5 Å². The first kappa shape index (κ1) is 18.8. The van der Waals surface area contributed by atoms with Gasteiger partial charge in [0, 0.05) is 30.2 Å². The molecule has 4 nitrogen and oxygen atoms in total. The van der Waals surface area contributed by atoms with Crippen molar-refractivity contribution in [2.45, 2.75) is 50.1 Å². The predicted molar refractivity (Wildman–Crippen MR) is 117 cm³/mol. The molecule has 0 radical (unpaired) electrons. The average Bonchev–Trinajstić information content (AvgIpc) is 3.45. The molecule has 1 saturated carbocycles. The van der Waals surface area contributed by atoms with E-state index in [1.807, 2.05) is 35.2 Å². The minimum Gasteiger partial charge on any atom is -0.317 e. The molecule has 1 saturated heterocycles. The molecule has 2 aliphatic heterocycles. The molecule has 2 unspecified atom stereocenters. The summed E-state index contributed by atoms with van der Waals surface area (Å²) >= 11 is 0. The Morgan fingerprint density at radius 3 is 2.72 bits per heavy atom. The minimum atomic E-state index is 0.206. The first-order valence-electron chi connectivity index (χ1n) is 11.1. The summed E-state index contributed by atoms with van der Waals surface area (Å²) in [7, 11) is 2.32. The highest BCUT2D eigenvalue weighted by atomic mass is 16.2. The fourth-order valence-electron chi connectivity index (χ4n) is 5.25. The van der Waals surface area contributed by atoms with Gasteiger partial charge < -0.3 is 10.2 Å². The number of piperidine rings is 1. The predicted octanol–water partition coefficient (Wildman–Crippen LogP) is 3.36. The highest BCUT2D eigenvalue weighted by Gasteiger charge is 2.43. The summed E-state index contributed by atoms with van der Waals surface area (Å²) in [6, 6.07) is 18.3. The van der Waals surface area contributed by atoms with Gasteiger partial charge in [-0.2, -0.15) is 0 Å². The van der Waals surface area contributed by atoms with Crippen LogP contribution in [0, 0.1) is 0 Å². The van der Waals surface area contributed by atoms with Crippen molar-refractivity contribution in [2.75, 3.05) is 31.6 Å². The summed E-state index contributed by atoms with van der Waals surface area (Å²) < 4.78 is 0. The number of carbonyl (C=O) groups excluding carboxylic acids is 1. The zero-order chi connectivity index (χ0) is 19.8. The number of fused-ring (bicyclic) bond motifs is 1. The molecule has 5 rings (SSSR count). The highest BCUT2D eigenvalue weighted by Crippen LogP contribution is 2.46. The fourth-order valence-corrected chi connectivity index (χ4v) is 5.25. The molecule has 152 valence electrons. The van der Waals surface area contributed by atoms with E-state index >= 15 is 0 Å². The highest BCUT2D eigenvalue weighted by molar-refractivity contribution is 5.96. The summed E-state index contributed by atoms with van der Waals surface area (Å²) in [6.45, 7) is 3.11. The molecule has 2 fully saturated rings. The Balaban J connectivity index is 1.25. The van der Waals surface area contributed by atoms with E-state index in [9.17, 15) is 4.79 Å². The number of hydrogen-bond donors (Lipinski definition) is 1. The van der Waals surface area contributed by atoms with E-state index in [1.165, 1.54) is 30.4 Å². The van der Waals surface area contributed by atoms with Crippen LogP contribution in [0.15, 0.2) is 48.5 Å². The molecule has 2 atom stereocenters. The molecular weight excluding hydrogens is 358 g/mol. The van der Waals surface area contributed by atoms with Gasteiger partial charge in [-0.25, -0.2) is 0 Å². The molecule has 0 aromatic heterocycles. The number of nitrogens with one attached hydrogen (secondary N) is 1. The van der Waals surface area contributed by atoms with E-state index in [4.69, 9.17) is 0 Å². The topological polar surface area (TPSA) is 35.6 Å². The van der Waals surface area contributed by atoms with E-state index < -0.39 is 0 Å². The van der Waals surface area contributed by atoms with Crippen LogP contribution in [0.25, 0.3) is 0 Å². The third kappa shape index (κ3) is 3.84. The second-order valence-electron chi connectivity index (χ2n) is 8.90. The lowest BCUT2D eigenvalue weighted by molar-refractivity contribution is -0.117. The molecule has 1 N–H and O–H groups in total. The first-order chi connectivity index (χ1) is 14.2. The second-order valence-corrected chi connectivity index (χ2v) is 8.90. The lowest BCUT2D eigenvalue weighted by Crippen LogP contribution is -2.42. The van der Waals surface area contributed by atoms with Crippen molar-refractivity contribution in [3.05, 3.63) is 65.2 Å². The van der Waals surface area contributed by atoms with Crippen LogP contribution in [-0.2, 0) is 17.6 Å². The molecule has 29 heavy (non-hydrogen) atoms. The minimum absolute atomic E-state index is 0.206. The van der Waals surface area contributed by atoms with Crippen LogP contribution >= 0.6 is 0 Å². The maximum absolute atomic E-state index is 12.8. The van der Waals surface area contributed by atoms with E-state index in [0.29, 0.717) is 18.4 Å². The van der Waals surface area contributed by atoms with Crippen molar-refractivity contribution in [3.63, 3.8) is 0 Å². The van der Waals surface area contributed by atoms with Crippen LogP contribution < -0.4 is 10.2 Å². The first-order valence-corrected chi connectivity index (χ1v) is 11.1. The standard InChI is InChI=1S/C25H31N3O/c1-27(21-9-12-26-13-10-21)24-17-22(24)19-7-8-23-20(16-19)11-14-28(23)25(29)15-18-5-3-2-4-6-18/h2-8,16,21-22,24,26H,9-15,17H2,1H3. The second kappa shape index (κ2) is 7.92. The number of benzene rings is 2. The van der Waals surface area contributed by atoms with Crippen LogP contribution in [-0.4, -0.2) is 49.6 Å². The van der Waals surface area contributed by atoms with Gasteiger partial charge in [-0.1, -0.05) is 42.5 Å². The SMILES string of the molecule is CN(C1CCNCC1)C1CC1c1ccc2c(c1)CCN2C(=O)Cc1ccccc1. The number of nitrogens with zero attached hydrogens (tertiary/aromatic N) is 2. The van der Waals surface area contributed by atoms with Crippen molar-refractivity contribution in [1.29, 1.82) is 0 Å². The number of anilines is 1. The number of hydrogen-bond acceptors (Lipinski definition) is 3. The van der Waals surface area contributed by atoms with Gasteiger partial charge in [0.05, 0.1) is 6.42 Å². The molecule has 4 heteroatoms. The van der Waals surface area contributed by atoms with Gasteiger partial charge in [-0.05, 0) is 68.6 Å². The van der Waals surface area contributed by atoms with E-state index in [-0.39, 0.29) is 5.91 Å². The quantitative estimate of drug-likeness (QED) is 0.852. The molecular formula is C25H31N3O. The number of amides is 1. The summed E-state index contributed by atoms with van der Waals surface area (Å²) in [5.74, 6) is 0.867. The van der Waals surface area contributed by atoms with Crippen molar-refractivity contribution in [1.82, 2.24) is 10.2 Å². The number of carbonyl (C=O) groups is 1. The maximum Gasteiger partial charge on any atom is 0.231 e. The molecule has 2 heterocycles. The third-order valence-electron chi connectivity index (χ3n) is 7.09. The normalized spacial score (nSPS) is 24.0. The Morgan fingerprint density at radius 1 is 1.14 bits per heavy atom. The van der Waals surface area contributed by atoms with Crippen molar-refractivity contribution in [2.24, 2.45) is 0 Å². The third-order valence-corrected chi connectivity index (χ3v) is 7.09. The zero-order valence-corrected chi connectivity index (χ0v) is 17.3. The summed E-state index contributed by atoms with van der Waals surface area (Å²) in [5, 5.41) is 3.47. The van der Waals surface area contributed by atoms with Crippen molar-refractivity contribution < 1.29 is 4.79 Å². The van der Waals surface area contributed by atoms with Crippen molar-refractivity contribution >= 4 is 11.6 Å². The monoisotopic (exact) mass is 389 g/mol. The molecule has 2 aromatic carbocycles. The summed E-state index contributed by atoms with van der Waals surface area (Å²) in [4.78, 5) is 17.5. The Hall–Kier alpha value is -2.17. The molecule has 3 aliphatic rings. The molecule has 1 amide bonds. The van der Waals surface area contributed by atoms with Crippen LogP contribution in [0.3, 0.4) is 0 Å². The smallest absolute Gasteiger partial charge is 0.231 e. The van der Waals surface area contributed by atoms with Gasteiger partial charge >= 0.3 is 0 Å². The summed E-state index contributed by atoms with van der Waals surface area (Å²) in [6.07, 6.45) is 5.26. The molecule has 0 bridgehead atoms. The summed E-state index contributed by atoms with van der Waals surface area (Å²) in [5.41, 5.74) is 5.02. The molecule has 2 aromatic rings. The maximum atomic E-state index is 12.8. The zero-order valence-electron chi connectivity index (χ0n) is 17.3. The van der Waals surface area contributed by atoms with Gasteiger partial charge in [-0.15, -0.1) is 0 Å². The van der Waals surface area contributed by atoms with Crippen LogP contribution in [0.4, 0.5) is 5.69 Å². The van der Waals surface area contributed by atoms with E-state index in [0.717, 1.165) is 43.3 Å². The van der Waals surface area contributed by atoms with Crippen LogP contribution in [0.2, 0.25) is 0 Å². The Kier molecular flexibility index (Phi) is 5.15. The Bertz CT molecular complexity index is 875. The average molecular weight is 390 g/mol. The number of likely N-dealkylation sites (N-methyl/N-ethyl adjacent to an activating group) is 1. The number of rotatable bonds is 5. The van der Waals surface area contributed by atoms with Gasteiger partial charge in [-0.3, -0.25) is 9.69 Å². The van der Waals surface area contributed by atoms with E-state index in [1.54, 1.807) is 0 Å². The van der Waals surface area contributed by atoms with Crippen LogP contribution in [0.5, 0.6) is 0 Å². The largest absolute Gasteiger partial charge is 0.317 e. The lowest BCUT2D eigenvalue weighted by Gasteiger charge is -2.32. The lowest BCUT2D eigenvalue weighted by atomic mass is 10.0. The van der Waals surface area contributed by atoms with Gasteiger partial charge in [0.25, 0.3) is 0 Å². The van der Waals surface area contributed by atoms with Gasteiger partial charge in [0.2, 0.25) is 5.91 Å². The molecule has 0 spiro atoms. The van der Waals surface area contributed by atoms with Crippen molar-refractivity contribution in [3.8, 4) is 0 Å². The van der Waals surface area contributed by atoms with Gasteiger partial charge in [0.1, 0.15) is 0 Å². The Morgan fingerprint density at radius 2 is 1.93 bits per heavy atom. The van der Waals surface area contributed by atoms with Gasteiger partial charge in [0.15, 0.2) is 0 Å².